The fourth-order valence-corrected chi connectivity index (χ4v) is 6.19. The number of aromatic amines is 1. The van der Waals surface area contributed by atoms with Gasteiger partial charge in [0.15, 0.2) is 0 Å². The van der Waals surface area contributed by atoms with Crippen molar-refractivity contribution in [1.29, 1.82) is 0 Å². The molecule has 1 aliphatic carbocycles. The van der Waals surface area contributed by atoms with Gasteiger partial charge in [0.1, 0.15) is 0 Å². The molecule has 0 atom stereocenters. The summed E-state index contributed by atoms with van der Waals surface area (Å²) < 4.78 is 3.28. The van der Waals surface area contributed by atoms with E-state index in [2.05, 4.69) is 30.7 Å². The predicted octanol–water partition coefficient (Wildman–Crippen LogP) is 2.25. The summed E-state index contributed by atoms with van der Waals surface area (Å²) in [7, 11) is 0. The summed E-state index contributed by atoms with van der Waals surface area (Å²) in [5.74, 6) is 0.610. The molecule has 1 aliphatic rings. The van der Waals surface area contributed by atoms with Crippen molar-refractivity contribution in [3.63, 3.8) is 0 Å². The van der Waals surface area contributed by atoms with Crippen LogP contribution in [0.5, 0.6) is 0 Å². The molecule has 2 radical (unpaired) electrons. The number of H-pyrrole nitrogens is 1. The van der Waals surface area contributed by atoms with Crippen molar-refractivity contribution in [2.24, 2.45) is 5.92 Å². The molecule has 2 heterocycles. The van der Waals surface area contributed by atoms with Gasteiger partial charge in [0.25, 0.3) is 0 Å². The van der Waals surface area contributed by atoms with Crippen LogP contribution in [0.4, 0.5) is 0 Å². The van der Waals surface area contributed by atoms with E-state index in [1.165, 1.54) is 32.1 Å². The van der Waals surface area contributed by atoms with Gasteiger partial charge in [0, 0.05) is 0 Å². The molecule has 1 saturated carbocycles. The standard InChI is InChI=1S/C12H15N4O.C4H9.Sn/c17-12-15-10-11(14-7-6-13-10)16(12)8-9-4-2-1-3-5-9;1-4(2)3;/h6,9H,1-5,8H2,(H,13,15,17);1-3H3;. The maximum absolute atomic E-state index is 12.3. The van der Waals surface area contributed by atoms with Gasteiger partial charge in [-0.1, -0.05) is 0 Å². The summed E-state index contributed by atoms with van der Waals surface area (Å²) in [4.78, 5) is 24.3. The summed E-state index contributed by atoms with van der Waals surface area (Å²) in [6.45, 7) is 7.57. The molecule has 118 valence electrons. The van der Waals surface area contributed by atoms with Crippen LogP contribution < -0.4 is 9.40 Å². The Morgan fingerprint density at radius 3 is 2.73 bits per heavy atom. The van der Waals surface area contributed by atoms with Crippen LogP contribution in [0.3, 0.4) is 0 Å². The summed E-state index contributed by atoms with van der Waals surface area (Å²) in [6.07, 6.45) is 8.23. The molecule has 2 aromatic heterocycles. The molecule has 3 rings (SSSR count). The van der Waals surface area contributed by atoms with E-state index in [0.29, 0.717) is 15.0 Å². The number of hydrogen-bond donors (Lipinski definition) is 1. The van der Waals surface area contributed by atoms with Gasteiger partial charge < -0.3 is 0 Å². The quantitative estimate of drug-likeness (QED) is 0.795. The van der Waals surface area contributed by atoms with Crippen molar-refractivity contribution in [3.05, 3.63) is 16.7 Å². The molecular weight excluding hydrogens is 383 g/mol. The zero-order valence-electron chi connectivity index (χ0n) is 13.6. The number of aromatic nitrogens is 4. The Labute approximate surface area is 141 Å². The van der Waals surface area contributed by atoms with Crippen molar-refractivity contribution in [2.75, 3.05) is 0 Å². The average Bonchev–Trinajstić information content (AvgIpc) is 2.75. The number of nitrogens with zero attached hydrogens (tertiary/aromatic N) is 3. The first-order valence-electron chi connectivity index (χ1n) is 8.16. The van der Waals surface area contributed by atoms with Gasteiger partial charge >= 0.3 is 141 Å². The molecule has 5 nitrogen and oxygen atoms in total. The minimum atomic E-state index is -0.807. The molecular formula is C16H24N4OSn. The molecule has 2 aromatic rings. The molecule has 6 heteroatoms. The molecule has 22 heavy (non-hydrogen) atoms. The third-order valence-corrected chi connectivity index (χ3v) is 7.71. The van der Waals surface area contributed by atoms with Crippen molar-refractivity contribution < 1.29 is 0 Å². The second-order valence-electron chi connectivity index (χ2n) is 7.35. The van der Waals surface area contributed by atoms with Gasteiger partial charge in [-0.05, 0) is 0 Å². The van der Waals surface area contributed by atoms with Crippen molar-refractivity contribution in [3.8, 4) is 0 Å². The summed E-state index contributed by atoms with van der Waals surface area (Å²) in [5, 5.41) is 0. The first-order chi connectivity index (χ1) is 10.4. The maximum atomic E-state index is 12.3. The monoisotopic (exact) mass is 408 g/mol. The van der Waals surface area contributed by atoms with Crippen LogP contribution in [-0.4, -0.2) is 40.7 Å². The number of nitrogens with one attached hydrogen (secondary N) is 1. The Kier molecular flexibility index (Phi) is 4.61. The first kappa shape index (κ1) is 16.0. The van der Waals surface area contributed by atoms with Crippen LogP contribution in [0.15, 0.2) is 11.0 Å². The van der Waals surface area contributed by atoms with Crippen LogP contribution in [-0.2, 0) is 6.54 Å². The number of fused-ring (bicyclic) bond motifs is 1. The van der Waals surface area contributed by atoms with E-state index in [1.807, 2.05) is 10.8 Å². The van der Waals surface area contributed by atoms with E-state index in [9.17, 15) is 4.79 Å². The first-order valence-corrected chi connectivity index (χ1v) is 11.0. The SMILES string of the molecule is C[C](C)(C)[Sn][c]1cnc2[nH]c(=O)n(CC3CCCCC3)c2n1. The topological polar surface area (TPSA) is 63.6 Å². The molecule has 0 bridgehead atoms. The Morgan fingerprint density at radius 2 is 2.05 bits per heavy atom. The normalized spacial score (nSPS) is 17.2. The minimum absolute atomic E-state index is 0.0566. The van der Waals surface area contributed by atoms with E-state index in [4.69, 9.17) is 4.98 Å². The number of rotatable bonds is 3. The second-order valence-corrected chi connectivity index (χ2v) is 13.8. The molecule has 1 fully saturated rings. The fraction of sp³-hybridized carbons (Fsp3) is 0.688. The van der Waals surface area contributed by atoms with Gasteiger partial charge in [-0.15, -0.1) is 0 Å². The van der Waals surface area contributed by atoms with Gasteiger partial charge in [-0.2, -0.15) is 0 Å². The van der Waals surface area contributed by atoms with E-state index in [1.54, 1.807) is 0 Å². The van der Waals surface area contributed by atoms with Crippen LogP contribution in [0.25, 0.3) is 11.3 Å². The van der Waals surface area contributed by atoms with Crippen molar-refractivity contribution >= 4 is 36.1 Å². The Morgan fingerprint density at radius 1 is 1.32 bits per heavy atom. The van der Waals surface area contributed by atoms with Crippen LogP contribution in [0, 0.1) is 5.92 Å². The van der Waals surface area contributed by atoms with E-state index in [-0.39, 0.29) is 5.69 Å². The average molecular weight is 407 g/mol. The van der Waals surface area contributed by atoms with Gasteiger partial charge in [0.2, 0.25) is 0 Å². The van der Waals surface area contributed by atoms with Gasteiger partial charge in [-0.3, -0.25) is 0 Å². The van der Waals surface area contributed by atoms with Gasteiger partial charge in [-0.25, -0.2) is 0 Å². The molecule has 0 spiro atoms. The second kappa shape index (κ2) is 6.34. The molecule has 0 saturated heterocycles. The molecule has 1 N–H and O–H groups in total. The third-order valence-electron chi connectivity index (χ3n) is 4.15. The molecule has 0 amide bonds. The zero-order valence-corrected chi connectivity index (χ0v) is 16.5. The summed E-state index contributed by atoms with van der Waals surface area (Å²) >= 11 is -0.807. The third kappa shape index (κ3) is 3.72. The predicted molar refractivity (Wildman–Crippen MR) is 89.8 cm³/mol. The van der Waals surface area contributed by atoms with E-state index in [0.717, 1.165) is 15.9 Å². The van der Waals surface area contributed by atoms with Crippen LogP contribution in [0.2, 0.25) is 3.43 Å². The van der Waals surface area contributed by atoms with Crippen LogP contribution in [0.1, 0.15) is 52.9 Å². The van der Waals surface area contributed by atoms with E-state index < -0.39 is 21.1 Å². The van der Waals surface area contributed by atoms with Crippen LogP contribution >= 0.6 is 0 Å². The summed E-state index contributed by atoms with van der Waals surface area (Å²) in [6, 6.07) is 0. The Bertz CT molecular complexity index is 707. The van der Waals surface area contributed by atoms with Crippen molar-refractivity contribution in [1.82, 2.24) is 19.5 Å². The number of hydrogen-bond acceptors (Lipinski definition) is 3. The fourth-order valence-electron chi connectivity index (χ4n) is 3.16. The van der Waals surface area contributed by atoms with E-state index >= 15 is 0 Å². The van der Waals surface area contributed by atoms with Crippen molar-refractivity contribution in [2.45, 2.75) is 62.9 Å². The molecule has 0 aliphatic heterocycles. The van der Waals surface area contributed by atoms with Gasteiger partial charge in [0.05, 0.1) is 0 Å². The Hall–Kier alpha value is -0.851. The molecule has 0 unspecified atom stereocenters. The molecule has 0 aromatic carbocycles. The Balaban J connectivity index is 1.92. The number of imidazole rings is 1. The zero-order chi connectivity index (χ0) is 15.7. The summed E-state index contributed by atoms with van der Waals surface area (Å²) in [5.41, 5.74) is 1.34.